The molecule has 0 aliphatic heterocycles. The van der Waals surface area contributed by atoms with Crippen LogP contribution in [0.4, 0.5) is 5.13 Å². The summed E-state index contributed by atoms with van der Waals surface area (Å²) in [6.45, 7) is 5.71. The molecule has 0 fully saturated rings. The highest BCUT2D eigenvalue weighted by Crippen LogP contribution is 2.29. The van der Waals surface area contributed by atoms with Crippen LogP contribution in [-0.2, 0) is 10.5 Å². The number of benzene rings is 2. The van der Waals surface area contributed by atoms with Gasteiger partial charge in [0, 0.05) is 5.75 Å². The summed E-state index contributed by atoms with van der Waals surface area (Å²) in [6, 6.07) is 19.8. The van der Waals surface area contributed by atoms with Crippen LogP contribution in [0.2, 0.25) is 0 Å². The van der Waals surface area contributed by atoms with Crippen molar-refractivity contribution in [2.24, 2.45) is 0 Å². The molecule has 0 radical (unpaired) electrons. The monoisotopic (exact) mass is 412 g/mol. The molecule has 1 aromatic heterocycles. The van der Waals surface area contributed by atoms with Gasteiger partial charge in [-0.1, -0.05) is 97.6 Å². The molecule has 3 aromatic rings. The SMILES string of the molecule is CCN(CC)C(C(=O)Nc1nnc(SCc2ccccc2)s1)c1ccccc1. The van der Waals surface area contributed by atoms with Crippen molar-refractivity contribution in [3.8, 4) is 0 Å². The molecule has 0 spiro atoms. The highest BCUT2D eigenvalue weighted by molar-refractivity contribution is 8.00. The van der Waals surface area contributed by atoms with Gasteiger partial charge in [0.2, 0.25) is 11.0 Å². The minimum atomic E-state index is -0.347. The molecule has 1 N–H and O–H groups in total. The molecular formula is C21H24N4OS2. The number of amides is 1. The van der Waals surface area contributed by atoms with Crippen molar-refractivity contribution in [1.82, 2.24) is 15.1 Å². The Hall–Kier alpha value is -2.22. The van der Waals surface area contributed by atoms with E-state index in [1.165, 1.54) is 16.9 Å². The lowest BCUT2D eigenvalue weighted by Crippen LogP contribution is -2.37. The molecule has 0 saturated heterocycles. The number of nitrogens with one attached hydrogen (secondary N) is 1. The van der Waals surface area contributed by atoms with E-state index in [1.54, 1.807) is 11.8 Å². The highest BCUT2D eigenvalue weighted by atomic mass is 32.2. The Morgan fingerprint density at radius 2 is 1.68 bits per heavy atom. The maximum Gasteiger partial charge on any atom is 0.248 e. The minimum absolute atomic E-state index is 0.0781. The number of anilines is 1. The first-order valence-corrected chi connectivity index (χ1v) is 11.1. The molecule has 146 valence electrons. The fraction of sp³-hybridized carbons (Fsp3) is 0.286. The molecule has 0 aliphatic rings. The van der Waals surface area contributed by atoms with Gasteiger partial charge in [-0.15, -0.1) is 10.2 Å². The molecular weight excluding hydrogens is 388 g/mol. The molecule has 3 rings (SSSR count). The first kappa shape index (κ1) is 20.5. The Morgan fingerprint density at radius 3 is 2.32 bits per heavy atom. The lowest BCUT2D eigenvalue weighted by atomic mass is 10.0. The lowest BCUT2D eigenvalue weighted by molar-refractivity contribution is -0.121. The van der Waals surface area contributed by atoms with E-state index in [9.17, 15) is 4.79 Å². The van der Waals surface area contributed by atoms with Crippen molar-refractivity contribution in [2.75, 3.05) is 18.4 Å². The first-order valence-electron chi connectivity index (χ1n) is 9.31. The normalized spacial score (nSPS) is 12.1. The second-order valence-electron chi connectivity index (χ2n) is 6.17. The Labute approximate surface area is 174 Å². The molecule has 7 heteroatoms. The van der Waals surface area contributed by atoms with E-state index in [0.717, 1.165) is 28.7 Å². The molecule has 0 aliphatic carbocycles. The third-order valence-electron chi connectivity index (χ3n) is 4.38. The topological polar surface area (TPSA) is 58.1 Å². The van der Waals surface area contributed by atoms with Crippen LogP contribution in [0.5, 0.6) is 0 Å². The summed E-state index contributed by atoms with van der Waals surface area (Å²) >= 11 is 3.03. The number of hydrogen-bond donors (Lipinski definition) is 1. The van der Waals surface area contributed by atoms with Crippen LogP contribution in [0.3, 0.4) is 0 Å². The number of thioether (sulfide) groups is 1. The van der Waals surface area contributed by atoms with E-state index in [0.29, 0.717) is 5.13 Å². The van der Waals surface area contributed by atoms with Crippen molar-refractivity contribution >= 4 is 34.1 Å². The van der Waals surface area contributed by atoms with Gasteiger partial charge in [0.05, 0.1) is 0 Å². The van der Waals surface area contributed by atoms with Gasteiger partial charge in [-0.25, -0.2) is 0 Å². The standard InChI is InChI=1S/C21H24N4OS2/c1-3-25(4-2)18(17-13-9-6-10-14-17)19(26)22-20-23-24-21(28-20)27-15-16-11-7-5-8-12-16/h5-14,18H,3-4,15H2,1-2H3,(H,22,23,26). The quantitative estimate of drug-likeness (QED) is 0.402. The van der Waals surface area contributed by atoms with Crippen LogP contribution in [0.25, 0.3) is 0 Å². The third kappa shape index (κ3) is 5.41. The van der Waals surface area contributed by atoms with Crippen molar-refractivity contribution in [3.05, 3.63) is 71.8 Å². The molecule has 0 saturated carbocycles. The molecule has 28 heavy (non-hydrogen) atoms. The molecule has 5 nitrogen and oxygen atoms in total. The summed E-state index contributed by atoms with van der Waals surface area (Å²) in [4.78, 5) is 15.2. The van der Waals surface area contributed by atoms with Gasteiger partial charge in [0.25, 0.3) is 0 Å². The van der Waals surface area contributed by atoms with Crippen LogP contribution >= 0.6 is 23.1 Å². The van der Waals surface area contributed by atoms with E-state index in [2.05, 4.69) is 46.4 Å². The maximum atomic E-state index is 13.0. The van der Waals surface area contributed by atoms with Crippen LogP contribution in [0.1, 0.15) is 31.0 Å². The number of carbonyl (C=O) groups is 1. The average molecular weight is 413 g/mol. The van der Waals surface area contributed by atoms with Gasteiger partial charge < -0.3 is 0 Å². The Morgan fingerprint density at radius 1 is 1.04 bits per heavy atom. The van der Waals surface area contributed by atoms with E-state index in [4.69, 9.17) is 0 Å². The molecule has 0 bridgehead atoms. The third-order valence-corrected chi connectivity index (χ3v) is 6.43. The summed E-state index contributed by atoms with van der Waals surface area (Å²) in [6.07, 6.45) is 0. The van der Waals surface area contributed by atoms with E-state index < -0.39 is 0 Å². The lowest BCUT2D eigenvalue weighted by Gasteiger charge is -2.28. The number of aromatic nitrogens is 2. The van der Waals surface area contributed by atoms with Crippen LogP contribution < -0.4 is 5.32 Å². The summed E-state index contributed by atoms with van der Waals surface area (Å²) in [5, 5.41) is 11.9. The number of likely N-dealkylation sites (N-methyl/N-ethyl adjacent to an activating group) is 1. The van der Waals surface area contributed by atoms with Gasteiger partial charge >= 0.3 is 0 Å². The number of rotatable bonds is 9. The van der Waals surface area contributed by atoms with Crippen LogP contribution in [0, 0.1) is 0 Å². The summed E-state index contributed by atoms with van der Waals surface area (Å²) in [7, 11) is 0. The smallest absolute Gasteiger partial charge is 0.248 e. The number of hydrogen-bond acceptors (Lipinski definition) is 6. The Balaban J connectivity index is 1.67. The van der Waals surface area contributed by atoms with Crippen molar-refractivity contribution in [2.45, 2.75) is 30.0 Å². The second kappa shape index (κ2) is 10.4. The van der Waals surface area contributed by atoms with Crippen molar-refractivity contribution in [3.63, 3.8) is 0 Å². The highest BCUT2D eigenvalue weighted by Gasteiger charge is 2.26. The Kier molecular flexibility index (Phi) is 7.59. The Bertz CT molecular complexity index is 866. The fourth-order valence-corrected chi connectivity index (χ4v) is 4.67. The van der Waals surface area contributed by atoms with Gasteiger partial charge in [0.15, 0.2) is 4.34 Å². The van der Waals surface area contributed by atoms with Crippen LogP contribution in [0.15, 0.2) is 65.0 Å². The predicted molar refractivity (Wildman–Crippen MR) is 117 cm³/mol. The summed E-state index contributed by atoms with van der Waals surface area (Å²) in [5.74, 6) is 0.751. The van der Waals surface area contributed by atoms with Crippen LogP contribution in [-0.4, -0.2) is 34.1 Å². The zero-order chi connectivity index (χ0) is 19.8. The van der Waals surface area contributed by atoms with E-state index >= 15 is 0 Å². The largest absolute Gasteiger partial charge is 0.299 e. The van der Waals surface area contributed by atoms with Crippen molar-refractivity contribution in [1.29, 1.82) is 0 Å². The molecule has 1 unspecified atom stereocenters. The maximum absolute atomic E-state index is 13.0. The van der Waals surface area contributed by atoms with Crippen molar-refractivity contribution < 1.29 is 4.79 Å². The van der Waals surface area contributed by atoms with Gasteiger partial charge in [-0.2, -0.15) is 0 Å². The first-order chi connectivity index (χ1) is 13.7. The minimum Gasteiger partial charge on any atom is -0.299 e. The number of nitrogens with zero attached hydrogens (tertiary/aromatic N) is 3. The number of carbonyl (C=O) groups excluding carboxylic acids is 1. The second-order valence-corrected chi connectivity index (χ2v) is 8.37. The summed E-state index contributed by atoms with van der Waals surface area (Å²) < 4.78 is 0.846. The van der Waals surface area contributed by atoms with Gasteiger partial charge in [-0.05, 0) is 24.2 Å². The zero-order valence-electron chi connectivity index (χ0n) is 16.0. The predicted octanol–water partition coefficient (Wildman–Crippen LogP) is 4.85. The van der Waals surface area contributed by atoms with Gasteiger partial charge in [0.1, 0.15) is 6.04 Å². The zero-order valence-corrected chi connectivity index (χ0v) is 17.7. The summed E-state index contributed by atoms with van der Waals surface area (Å²) in [5.41, 5.74) is 2.21. The molecule has 1 heterocycles. The molecule has 1 atom stereocenters. The van der Waals surface area contributed by atoms with Gasteiger partial charge in [-0.3, -0.25) is 15.0 Å². The average Bonchev–Trinajstić information content (AvgIpc) is 3.19. The molecule has 2 aromatic carbocycles. The van der Waals surface area contributed by atoms with E-state index in [-0.39, 0.29) is 11.9 Å². The van der Waals surface area contributed by atoms with E-state index in [1.807, 2.05) is 48.5 Å². The molecule has 1 amide bonds. The fourth-order valence-electron chi connectivity index (χ4n) is 2.96.